The Morgan fingerprint density at radius 2 is 1.61 bits per heavy atom. The first-order valence-corrected chi connectivity index (χ1v) is 15.8. The third-order valence-electron chi connectivity index (χ3n) is 6.50. The van der Waals surface area contributed by atoms with Crippen LogP contribution in [0.5, 0.6) is 23.0 Å². The summed E-state index contributed by atoms with van der Waals surface area (Å²) in [5, 5.41) is 0. The Morgan fingerprint density at radius 1 is 0.955 bits per heavy atom. The molecular formula is C30H30Br2N2O9S. The molecule has 0 amide bonds. The molecule has 1 aliphatic rings. The van der Waals surface area contributed by atoms with Gasteiger partial charge >= 0.3 is 11.9 Å². The Balaban J connectivity index is 1.89. The van der Waals surface area contributed by atoms with E-state index in [1.807, 2.05) is 0 Å². The number of benzene rings is 2. The fourth-order valence-electron chi connectivity index (χ4n) is 4.61. The Kier molecular flexibility index (Phi) is 10.9. The number of fused-ring (bicyclic) bond motifs is 1. The Bertz CT molecular complexity index is 1810. The lowest BCUT2D eigenvalue weighted by atomic mass is 9.95. The van der Waals surface area contributed by atoms with Crippen molar-refractivity contribution in [3.63, 3.8) is 0 Å². The number of nitrogens with zero attached hydrogens (tertiary/aromatic N) is 2. The minimum atomic E-state index is -0.874. The highest BCUT2D eigenvalue weighted by atomic mass is 79.9. The number of esters is 2. The van der Waals surface area contributed by atoms with Crippen molar-refractivity contribution in [3.8, 4) is 23.0 Å². The third kappa shape index (κ3) is 6.71. The van der Waals surface area contributed by atoms with Crippen LogP contribution in [-0.4, -0.2) is 57.7 Å². The van der Waals surface area contributed by atoms with Crippen molar-refractivity contribution < 1.29 is 38.0 Å². The maximum Gasteiger partial charge on any atom is 0.344 e. The summed E-state index contributed by atoms with van der Waals surface area (Å²) in [6, 6.07) is 5.98. The molecule has 1 atom stereocenters. The van der Waals surface area contributed by atoms with Crippen LogP contribution in [0.3, 0.4) is 0 Å². The summed E-state index contributed by atoms with van der Waals surface area (Å²) in [5.74, 6) is 0.458. The van der Waals surface area contributed by atoms with Gasteiger partial charge in [-0.1, -0.05) is 27.3 Å². The van der Waals surface area contributed by atoms with Crippen LogP contribution >= 0.6 is 43.2 Å². The van der Waals surface area contributed by atoms with Crippen LogP contribution in [-0.2, 0) is 19.1 Å². The highest BCUT2D eigenvalue weighted by molar-refractivity contribution is 9.10. The van der Waals surface area contributed by atoms with Crippen molar-refractivity contribution in [1.82, 2.24) is 4.57 Å². The van der Waals surface area contributed by atoms with Gasteiger partial charge in [0.2, 0.25) is 0 Å². The van der Waals surface area contributed by atoms with Crippen molar-refractivity contribution in [2.45, 2.75) is 26.8 Å². The number of rotatable bonds is 11. The van der Waals surface area contributed by atoms with E-state index in [0.717, 1.165) is 0 Å². The van der Waals surface area contributed by atoms with Crippen LogP contribution in [0.2, 0.25) is 0 Å². The minimum Gasteiger partial charge on any atom is -0.493 e. The molecule has 2 heterocycles. The molecule has 4 rings (SSSR count). The zero-order chi connectivity index (χ0) is 32.1. The second-order valence-electron chi connectivity index (χ2n) is 9.16. The normalized spacial score (nSPS) is 14.5. The summed E-state index contributed by atoms with van der Waals surface area (Å²) in [6.45, 7) is 5.22. The molecule has 44 heavy (non-hydrogen) atoms. The van der Waals surface area contributed by atoms with Gasteiger partial charge in [-0.05, 0) is 78.2 Å². The van der Waals surface area contributed by atoms with Crippen molar-refractivity contribution in [2.75, 3.05) is 41.2 Å². The summed E-state index contributed by atoms with van der Waals surface area (Å²) in [5.41, 5.74) is 1.49. The van der Waals surface area contributed by atoms with Gasteiger partial charge in [-0.3, -0.25) is 9.36 Å². The van der Waals surface area contributed by atoms with Gasteiger partial charge in [-0.25, -0.2) is 14.6 Å². The zero-order valence-corrected chi connectivity index (χ0v) is 28.8. The van der Waals surface area contributed by atoms with Crippen molar-refractivity contribution in [2.24, 2.45) is 4.99 Å². The fourth-order valence-corrected chi connectivity index (χ4v) is 6.77. The van der Waals surface area contributed by atoms with Crippen LogP contribution < -0.4 is 33.8 Å². The van der Waals surface area contributed by atoms with Crippen LogP contribution in [0.15, 0.2) is 54.3 Å². The van der Waals surface area contributed by atoms with Crippen LogP contribution in [0.1, 0.15) is 37.9 Å². The van der Waals surface area contributed by atoms with E-state index in [0.29, 0.717) is 58.1 Å². The summed E-state index contributed by atoms with van der Waals surface area (Å²) in [7, 11) is 4.50. The Labute approximate surface area is 274 Å². The minimum absolute atomic E-state index is 0.149. The van der Waals surface area contributed by atoms with E-state index >= 15 is 0 Å². The fraction of sp³-hybridized carbons (Fsp3) is 0.333. The molecule has 11 nitrogen and oxygen atoms in total. The lowest BCUT2D eigenvalue weighted by Gasteiger charge is -2.26. The van der Waals surface area contributed by atoms with Gasteiger partial charge < -0.3 is 28.4 Å². The number of aromatic nitrogens is 1. The zero-order valence-electron chi connectivity index (χ0n) is 24.8. The molecule has 3 aromatic rings. The second-order valence-corrected chi connectivity index (χ2v) is 11.9. The van der Waals surface area contributed by atoms with Gasteiger partial charge in [0.1, 0.15) is 0 Å². The highest BCUT2D eigenvalue weighted by Crippen LogP contribution is 2.41. The molecule has 14 heteroatoms. The van der Waals surface area contributed by atoms with Crippen LogP contribution in [0, 0.1) is 0 Å². The van der Waals surface area contributed by atoms with Crippen LogP contribution in [0.25, 0.3) is 6.08 Å². The van der Waals surface area contributed by atoms with Crippen molar-refractivity contribution in [3.05, 3.63) is 75.3 Å². The number of ether oxygens (including phenoxy) is 6. The molecular weight excluding hydrogens is 724 g/mol. The number of halogens is 2. The molecule has 0 aliphatic carbocycles. The summed E-state index contributed by atoms with van der Waals surface area (Å²) in [6.07, 6.45) is 1.69. The first-order chi connectivity index (χ1) is 21.1. The molecule has 234 valence electrons. The molecule has 1 aromatic heterocycles. The van der Waals surface area contributed by atoms with E-state index in [-0.39, 0.29) is 31.0 Å². The molecule has 0 bridgehead atoms. The van der Waals surface area contributed by atoms with E-state index < -0.39 is 18.0 Å². The summed E-state index contributed by atoms with van der Waals surface area (Å²) in [4.78, 5) is 44.2. The Hall–Kier alpha value is -3.62. The van der Waals surface area contributed by atoms with Crippen molar-refractivity contribution >= 4 is 61.2 Å². The third-order valence-corrected chi connectivity index (χ3v) is 8.76. The van der Waals surface area contributed by atoms with Gasteiger partial charge in [0.25, 0.3) is 5.56 Å². The predicted molar refractivity (Wildman–Crippen MR) is 170 cm³/mol. The van der Waals surface area contributed by atoms with E-state index in [9.17, 15) is 14.4 Å². The van der Waals surface area contributed by atoms with E-state index in [2.05, 4.69) is 36.9 Å². The van der Waals surface area contributed by atoms with Gasteiger partial charge in [0.05, 0.1) is 60.9 Å². The number of thiazole rings is 1. The molecule has 0 spiro atoms. The molecule has 2 aromatic carbocycles. The number of methoxy groups -OCH3 is 3. The molecule has 0 radical (unpaired) electrons. The monoisotopic (exact) mass is 752 g/mol. The largest absolute Gasteiger partial charge is 0.493 e. The lowest BCUT2D eigenvalue weighted by Crippen LogP contribution is -2.40. The molecule has 0 N–H and O–H groups in total. The molecule has 0 unspecified atom stereocenters. The standard InChI is InChI=1S/C30H30Br2N2O9S/c1-7-41-24(35)14-43-27-19(32)9-16(10-22(27)40-6)11-23-28(36)34-26(17-12-20(38-4)21(39-5)13-18(17)31)25(29(37)42-8-2)15(3)33-30(34)44-23/h9-13,26H,7-8,14H2,1-6H3/b23-11-/t26-/m0/s1. The van der Waals surface area contributed by atoms with E-state index in [1.165, 1.54) is 37.2 Å². The number of carbonyl (C=O) groups excluding carboxylic acids is 2. The smallest absolute Gasteiger partial charge is 0.344 e. The summed E-state index contributed by atoms with van der Waals surface area (Å²) < 4.78 is 35.4. The first-order valence-electron chi connectivity index (χ1n) is 13.3. The van der Waals surface area contributed by atoms with Crippen LogP contribution in [0.4, 0.5) is 0 Å². The number of hydrogen-bond donors (Lipinski definition) is 0. The van der Waals surface area contributed by atoms with Gasteiger partial charge in [-0.2, -0.15) is 0 Å². The van der Waals surface area contributed by atoms with Gasteiger partial charge in [-0.15, -0.1) is 0 Å². The number of carbonyl (C=O) groups is 2. The molecule has 0 saturated heterocycles. The molecule has 1 aliphatic heterocycles. The maximum absolute atomic E-state index is 14.1. The van der Waals surface area contributed by atoms with Gasteiger partial charge in [0.15, 0.2) is 34.4 Å². The predicted octanol–water partition coefficient (Wildman–Crippen LogP) is 4.29. The maximum atomic E-state index is 14.1. The molecule has 0 saturated carbocycles. The first kappa shape index (κ1) is 33.3. The summed E-state index contributed by atoms with van der Waals surface area (Å²) >= 11 is 8.25. The SMILES string of the molecule is CCOC(=O)COc1c(Br)cc(/C=c2\sc3n(c2=O)[C@@H](c2cc(OC)c(OC)cc2Br)C(C(=O)OCC)=C(C)N=3)cc1OC. The topological polar surface area (TPSA) is 124 Å². The average Bonchev–Trinajstić information content (AvgIpc) is 3.29. The Morgan fingerprint density at radius 3 is 2.25 bits per heavy atom. The van der Waals surface area contributed by atoms with E-state index in [1.54, 1.807) is 51.1 Å². The van der Waals surface area contributed by atoms with Gasteiger partial charge in [0, 0.05) is 4.47 Å². The van der Waals surface area contributed by atoms with E-state index in [4.69, 9.17) is 28.4 Å². The highest BCUT2D eigenvalue weighted by Gasteiger charge is 2.35. The lowest BCUT2D eigenvalue weighted by molar-refractivity contribution is -0.145. The number of hydrogen-bond acceptors (Lipinski definition) is 11. The molecule has 0 fully saturated rings. The second kappa shape index (κ2) is 14.4. The number of allylic oxidation sites excluding steroid dienone is 1. The quantitative estimate of drug-likeness (QED) is 0.264. The van der Waals surface area contributed by atoms with Crippen molar-refractivity contribution in [1.29, 1.82) is 0 Å². The average molecular weight is 754 g/mol.